The molecule has 1 amide bonds. The lowest BCUT2D eigenvalue weighted by Gasteiger charge is -2.38. The van der Waals surface area contributed by atoms with Gasteiger partial charge in [-0.25, -0.2) is 0 Å². The van der Waals surface area contributed by atoms with Gasteiger partial charge in [0.05, 0.1) is 25.5 Å². The summed E-state index contributed by atoms with van der Waals surface area (Å²) in [6.45, 7) is 1.19. The van der Waals surface area contributed by atoms with Crippen molar-refractivity contribution >= 4 is 12.0 Å². The van der Waals surface area contributed by atoms with Crippen LogP contribution in [0.4, 0.5) is 0 Å². The first kappa shape index (κ1) is 12.5. The molecule has 0 unspecified atom stereocenters. The molecular formula is C15H14N2O3. The minimum absolute atomic E-state index is 0.0348. The molecule has 0 spiro atoms. The van der Waals surface area contributed by atoms with Gasteiger partial charge in [-0.05, 0) is 30.3 Å². The van der Waals surface area contributed by atoms with E-state index >= 15 is 0 Å². The Labute approximate surface area is 116 Å². The van der Waals surface area contributed by atoms with Crippen LogP contribution in [0.25, 0.3) is 6.08 Å². The third-order valence-electron chi connectivity index (χ3n) is 3.03. The quantitative estimate of drug-likeness (QED) is 0.797. The zero-order valence-electron chi connectivity index (χ0n) is 10.8. The van der Waals surface area contributed by atoms with E-state index in [-0.39, 0.29) is 12.0 Å². The van der Waals surface area contributed by atoms with Gasteiger partial charge in [-0.15, -0.1) is 0 Å². The second-order valence-electron chi connectivity index (χ2n) is 4.52. The molecule has 102 valence electrons. The molecule has 2 aromatic rings. The third kappa shape index (κ3) is 2.88. The Bertz CT molecular complexity index is 587. The summed E-state index contributed by atoms with van der Waals surface area (Å²) in [7, 11) is 0. The number of aromatic nitrogens is 1. The van der Waals surface area contributed by atoms with Crippen LogP contribution in [-0.2, 0) is 4.79 Å². The maximum Gasteiger partial charge on any atom is 0.246 e. The minimum Gasteiger partial charge on any atom is -0.485 e. The number of carbonyl (C=O) groups excluding carboxylic acids is 1. The number of amides is 1. The summed E-state index contributed by atoms with van der Waals surface area (Å²) in [6, 6.07) is 7.26. The first-order valence-electron chi connectivity index (χ1n) is 6.38. The fourth-order valence-corrected chi connectivity index (χ4v) is 1.95. The van der Waals surface area contributed by atoms with E-state index in [4.69, 9.17) is 9.15 Å². The largest absolute Gasteiger partial charge is 0.485 e. The third-order valence-corrected chi connectivity index (χ3v) is 3.03. The van der Waals surface area contributed by atoms with Crippen molar-refractivity contribution < 1.29 is 13.9 Å². The standard InChI is InChI=1S/C15H14N2O3/c18-15(6-5-12-4-2-8-19-12)17-10-14(11-17)20-13-3-1-7-16-9-13/h1-9,14H,10-11H2/b6-5+. The first-order chi connectivity index (χ1) is 9.81. The van der Waals surface area contributed by atoms with E-state index in [9.17, 15) is 4.79 Å². The Hall–Kier alpha value is -2.56. The lowest BCUT2D eigenvalue weighted by atomic mass is 10.1. The summed E-state index contributed by atoms with van der Waals surface area (Å²) < 4.78 is 10.8. The molecule has 0 atom stereocenters. The molecule has 2 aromatic heterocycles. The predicted molar refractivity (Wildman–Crippen MR) is 73.0 cm³/mol. The maximum absolute atomic E-state index is 11.8. The minimum atomic E-state index is -0.0348. The van der Waals surface area contributed by atoms with E-state index in [0.29, 0.717) is 18.8 Å². The van der Waals surface area contributed by atoms with Gasteiger partial charge in [-0.2, -0.15) is 0 Å². The second-order valence-corrected chi connectivity index (χ2v) is 4.52. The Balaban J connectivity index is 1.47. The molecule has 0 radical (unpaired) electrons. The smallest absolute Gasteiger partial charge is 0.246 e. The monoisotopic (exact) mass is 270 g/mol. The Morgan fingerprint density at radius 2 is 2.30 bits per heavy atom. The van der Waals surface area contributed by atoms with Gasteiger partial charge >= 0.3 is 0 Å². The van der Waals surface area contributed by atoms with E-state index in [0.717, 1.165) is 5.75 Å². The molecular weight excluding hydrogens is 256 g/mol. The number of rotatable bonds is 4. The molecule has 0 bridgehead atoms. The molecule has 0 aliphatic carbocycles. The number of pyridine rings is 1. The van der Waals surface area contributed by atoms with Crippen LogP contribution in [-0.4, -0.2) is 35.0 Å². The van der Waals surface area contributed by atoms with Gasteiger partial charge in [0.15, 0.2) is 0 Å². The van der Waals surface area contributed by atoms with Crippen molar-refractivity contribution in [3.63, 3.8) is 0 Å². The number of nitrogens with zero attached hydrogens (tertiary/aromatic N) is 2. The van der Waals surface area contributed by atoms with Crippen molar-refractivity contribution in [3.05, 3.63) is 54.8 Å². The second kappa shape index (κ2) is 5.61. The van der Waals surface area contributed by atoms with Crippen LogP contribution >= 0.6 is 0 Å². The zero-order valence-corrected chi connectivity index (χ0v) is 10.8. The lowest BCUT2D eigenvalue weighted by Crippen LogP contribution is -2.55. The SMILES string of the molecule is O=C(/C=C/c1ccco1)N1CC(Oc2cccnc2)C1. The van der Waals surface area contributed by atoms with Crippen molar-refractivity contribution in [3.8, 4) is 5.75 Å². The molecule has 0 aromatic carbocycles. The van der Waals surface area contributed by atoms with Crippen LogP contribution in [0.3, 0.4) is 0 Å². The van der Waals surface area contributed by atoms with Crippen LogP contribution in [0.5, 0.6) is 5.75 Å². The number of furan rings is 1. The Morgan fingerprint density at radius 1 is 1.40 bits per heavy atom. The molecule has 1 aliphatic rings. The number of hydrogen-bond donors (Lipinski definition) is 0. The van der Waals surface area contributed by atoms with Gasteiger partial charge in [0.1, 0.15) is 17.6 Å². The molecule has 0 saturated carbocycles. The van der Waals surface area contributed by atoms with Gasteiger partial charge < -0.3 is 14.1 Å². The fourth-order valence-electron chi connectivity index (χ4n) is 1.95. The highest BCUT2D eigenvalue weighted by atomic mass is 16.5. The molecule has 0 N–H and O–H groups in total. The molecule has 20 heavy (non-hydrogen) atoms. The summed E-state index contributed by atoms with van der Waals surface area (Å²) in [5, 5.41) is 0. The van der Waals surface area contributed by atoms with Crippen molar-refractivity contribution in [2.24, 2.45) is 0 Å². The molecule has 5 nitrogen and oxygen atoms in total. The van der Waals surface area contributed by atoms with Crippen molar-refractivity contribution in [1.29, 1.82) is 0 Å². The normalized spacial score (nSPS) is 15.3. The summed E-state index contributed by atoms with van der Waals surface area (Å²) >= 11 is 0. The summed E-state index contributed by atoms with van der Waals surface area (Å²) in [5.74, 6) is 1.37. The lowest BCUT2D eigenvalue weighted by molar-refractivity contribution is -0.134. The molecule has 1 aliphatic heterocycles. The first-order valence-corrected chi connectivity index (χ1v) is 6.38. The van der Waals surface area contributed by atoms with E-state index in [1.165, 1.54) is 6.08 Å². The maximum atomic E-state index is 11.8. The van der Waals surface area contributed by atoms with Gasteiger partial charge in [-0.3, -0.25) is 9.78 Å². The van der Waals surface area contributed by atoms with Gasteiger partial charge in [0.25, 0.3) is 0 Å². The van der Waals surface area contributed by atoms with Crippen LogP contribution in [0.15, 0.2) is 53.4 Å². The van der Waals surface area contributed by atoms with Crippen LogP contribution < -0.4 is 4.74 Å². The number of ether oxygens (including phenoxy) is 1. The van der Waals surface area contributed by atoms with E-state index in [1.54, 1.807) is 41.8 Å². The van der Waals surface area contributed by atoms with E-state index in [1.807, 2.05) is 12.1 Å². The van der Waals surface area contributed by atoms with E-state index < -0.39 is 0 Å². The number of carbonyl (C=O) groups is 1. The molecule has 1 saturated heterocycles. The van der Waals surface area contributed by atoms with Gasteiger partial charge in [0.2, 0.25) is 5.91 Å². The molecule has 5 heteroatoms. The van der Waals surface area contributed by atoms with Crippen LogP contribution in [0.1, 0.15) is 5.76 Å². The summed E-state index contributed by atoms with van der Waals surface area (Å²) in [4.78, 5) is 17.6. The van der Waals surface area contributed by atoms with Crippen LogP contribution in [0.2, 0.25) is 0 Å². The van der Waals surface area contributed by atoms with Crippen molar-refractivity contribution in [2.45, 2.75) is 6.10 Å². The highest BCUT2D eigenvalue weighted by Gasteiger charge is 2.31. The average molecular weight is 270 g/mol. The van der Waals surface area contributed by atoms with Gasteiger partial charge in [0, 0.05) is 12.3 Å². The van der Waals surface area contributed by atoms with Gasteiger partial charge in [-0.1, -0.05) is 0 Å². The number of hydrogen-bond acceptors (Lipinski definition) is 4. The fraction of sp³-hybridized carbons (Fsp3) is 0.200. The topological polar surface area (TPSA) is 55.6 Å². The highest BCUT2D eigenvalue weighted by molar-refractivity contribution is 5.92. The Morgan fingerprint density at radius 3 is 3.00 bits per heavy atom. The molecule has 1 fully saturated rings. The molecule has 3 heterocycles. The summed E-state index contributed by atoms with van der Waals surface area (Å²) in [6.07, 6.45) is 8.16. The summed E-state index contributed by atoms with van der Waals surface area (Å²) in [5.41, 5.74) is 0. The van der Waals surface area contributed by atoms with E-state index in [2.05, 4.69) is 4.98 Å². The average Bonchev–Trinajstić information content (AvgIpc) is 2.94. The highest BCUT2D eigenvalue weighted by Crippen LogP contribution is 2.17. The molecule has 3 rings (SSSR count). The number of likely N-dealkylation sites (tertiary alicyclic amines) is 1. The van der Waals surface area contributed by atoms with Crippen molar-refractivity contribution in [2.75, 3.05) is 13.1 Å². The predicted octanol–water partition coefficient (Wildman–Crippen LogP) is 1.98. The Kier molecular flexibility index (Phi) is 3.50. The zero-order chi connectivity index (χ0) is 13.8. The van der Waals surface area contributed by atoms with Crippen molar-refractivity contribution in [1.82, 2.24) is 9.88 Å². The van der Waals surface area contributed by atoms with Crippen LogP contribution in [0, 0.1) is 0 Å².